The Morgan fingerprint density at radius 3 is 2.86 bits per heavy atom. The lowest BCUT2D eigenvalue weighted by molar-refractivity contribution is 0.0193. The number of hydrogen-bond acceptors (Lipinski definition) is 8. The minimum atomic E-state index is -0.540. The topological polar surface area (TPSA) is 145 Å². The third-order valence-electron chi connectivity index (χ3n) is 7.06. The molecule has 1 spiro atoms. The van der Waals surface area contributed by atoms with Gasteiger partial charge >= 0.3 is 0 Å². The molecule has 12 heteroatoms. The predicted octanol–water partition coefficient (Wildman–Crippen LogP) is 2.37. The molecule has 35 heavy (non-hydrogen) atoms. The number of anilines is 2. The van der Waals surface area contributed by atoms with Gasteiger partial charge in [0.15, 0.2) is 0 Å². The summed E-state index contributed by atoms with van der Waals surface area (Å²) in [5.41, 5.74) is 7.14. The first-order valence-corrected chi connectivity index (χ1v) is 12.4. The third kappa shape index (κ3) is 3.53. The summed E-state index contributed by atoms with van der Waals surface area (Å²) < 4.78 is 1.83. The Balaban J connectivity index is 1.30. The monoisotopic (exact) mass is 511 g/mol. The van der Waals surface area contributed by atoms with Gasteiger partial charge < -0.3 is 25.7 Å². The second-order valence-corrected chi connectivity index (χ2v) is 10.5. The fraction of sp³-hybridized carbons (Fsp3) is 0.304. The smallest absolute Gasteiger partial charge is 0.290 e. The van der Waals surface area contributed by atoms with Gasteiger partial charge in [0.05, 0.1) is 11.1 Å². The zero-order chi connectivity index (χ0) is 24.3. The van der Waals surface area contributed by atoms with Gasteiger partial charge in [-0.2, -0.15) is 4.98 Å². The molecule has 0 bridgehead atoms. The third-order valence-corrected chi connectivity index (χ3v) is 8.69. The summed E-state index contributed by atoms with van der Waals surface area (Å²) in [5, 5.41) is 11.2. The van der Waals surface area contributed by atoms with Crippen LogP contribution in [0, 0.1) is 5.41 Å². The molecule has 10 nitrogen and oxygen atoms in total. The fourth-order valence-corrected chi connectivity index (χ4v) is 6.41. The van der Waals surface area contributed by atoms with Gasteiger partial charge in [0.1, 0.15) is 16.4 Å². The fourth-order valence-electron chi connectivity index (χ4n) is 5.22. The molecular formula is C23H22ClN7O3S. The van der Waals surface area contributed by atoms with E-state index in [4.69, 9.17) is 17.3 Å². The van der Waals surface area contributed by atoms with Crippen LogP contribution in [0.1, 0.15) is 30.2 Å². The van der Waals surface area contributed by atoms with Crippen LogP contribution in [0.2, 0.25) is 5.02 Å². The van der Waals surface area contributed by atoms with E-state index < -0.39 is 17.2 Å². The number of aliphatic hydroxyl groups excluding tert-OH is 1. The normalized spacial score (nSPS) is 18.9. The van der Waals surface area contributed by atoms with Gasteiger partial charge in [-0.15, -0.1) is 0 Å². The van der Waals surface area contributed by atoms with E-state index in [2.05, 4.69) is 24.8 Å². The summed E-state index contributed by atoms with van der Waals surface area (Å²) >= 11 is 7.31. The van der Waals surface area contributed by atoms with Crippen LogP contribution in [0.25, 0.3) is 5.65 Å². The van der Waals surface area contributed by atoms with Crippen molar-refractivity contribution in [2.24, 2.45) is 5.41 Å². The number of nitrogens with zero attached hydrogens (tertiary/aromatic N) is 4. The van der Waals surface area contributed by atoms with E-state index in [-0.39, 0.29) is 16.3 Å². The van der Waals surface area contributed by atoms with Crippen molar-refractivity contribution in [2.75, 3.05) is 23.7 Å². The summed E-state index contributed by atoms with van der Waals surface area (Å²) in [6.45, 7) is 1.29. The van der Waals surface area contributed by atoms with Crippen molar-refractivity contribution in [2.45, 2.75) is 35.2 Å². The number of rotatable bonds is 3. The lowest BCUT2D eigenvalue weighted by Crippen LogP contribution is -2.43. The average molecular weight is 512 g/mol. The van der Waals surface area contributed by atoms with Crippen LogP contribution in [0.4, 0.5) is 11.8 Å². The van der Waals surface area contributed by atoms with Gasteiger partial charge in [0.2, 0.25) is 5.95 Å². The molecule has 1 atom stereocenters. The number of halogens is 1. The Hall–Kier alpha value is -3.28. The summed E-state index contributed by atoms with van der Waals surface area (Å²) in [4.78, 5) is 42.2. The highest BCUT2D eigenvalue weighted by Crippen LogP contribution is 2.51. The summed E-state index contributed by atoms with van der Waals surface area (Å²) in [7, 11) is 0. The Kier molecular flexibility index (Phi) is 5.17. The average Bonchev–Trinajstić information content (AvgIpc) is 3.43. The number of imidazole rings is 1. The SMILES string of the molecule is Nc1[nH]c(=O)cc(Sc2c(=O)nc(N3CCC4(CC3)Cc3ncccc3C4O)n3cc[nH]c23)c1Cl. The molecule has 0 amide bonds. The zero-order valence-corrected chi connectivity index (χ0v) is 20.1. The summed E-state index contributed by atoms with van der Waals surface area (Å²) in [5.74, 6) is 0.577. The van der Waals surface area contributed by atoms with Gasteiger partial charge in [0.25, 0.3) is 11.1 Å². The Bertz CT molecular complexity index is 1570. The van der Waals surface area contributed by atoms with Crippen LogP contribution in [0.15, 0.2) is 56.2 Å². The standard InChI is InChI=1S/C23H22ClN7O3S/c24-16-14(10-15(32)28-19(16)25)35-17-20-27-6-9-31(20)22(29-21(17)34)30-7-3-23(4-8-30)11-13-12(18(23)33)2-1-5-26-13/h1-2,5-6,9-10,18,27,33H,3-4,7-8,11H2,(H3,25,28,32). The first-order valence-electron chi connectivity index (χ1n) is 11.2. The number of pyridine rings is 2. The number of H-pyrrole nitrogens is 2. The van der Waals surface area contributed by atoms with E-state index in [9.17, 15) is 14.7 Å². The summed E-state index contributed by atoms with van der Waals surface area (Å²) in [6.07, 6.45) is 7.03. The lowest BCUT2D eigenvalue weighted by atomic mass is 9.74. The molecule has 4 aromatic rings. The quantitative estimate of drug-likeness (QED) is 0.328. The maximum atomic E-state index is 13.1. The van der Waals surface area contributed by atoms with Crippen molar-refractivity contribution in [3.05, 3.63) is 73.8 Å². The molecule has 1 aliphatic heterocycles. The van der Waals surface area contributed by atoms with Crippen molar-refractivity contribution in [1.29, 1.82) is 0 Å². The van der Waals surface area contributed by atoms with E-state index in [0.29, 0.717) is 34.5 Å². The number of nitrogen functional groups attached to an aromatic ring is 1. The van der Waals surface area contributed by atoms with Gasteiger partial charge in [-0.3, -0.25) is 19.0 Å². The Morgan fingerprint density at radius 2 is 2.09 bits per heavy atom. The maximum Gasteiger partial charge on any atom is 0.290 e. The first kappa shape index (κ1) is 22.2. The van der Waals surface area contributed by atoms with Crippen LogP contribution in [-0.4, -0.2) is 42.5 Å². The van der Waals surface area contributed by atoms with Crippen molar-refractivity contribution in [3.8, 4) is 0 Å². The molecule has 1 saturated heterocycles. The molecule has 4 aromatic heterocycles. The molecule has 0 saturated carbocycles. The van der Waals surface area contributed by atoms with E-state index in [1.165, 1.54) is 6.07 Å². The first-order chi connectivity index (χ1) is 16.9. The number of nitrogens with two attached hydrogens (primary N) is 1. The highest BCUT2D eigenvalue weighted by Gasteiger charge is 2.48. The van der Waals surface area contributed by atoms with E-state index in [1.807, 2.05) is 22.7 Å². The van der Waals surface area contributed by atoms with Crippen LogP contribution < -0.4 is 21.8 Å². The molecule has 1 aliphatic carbocycles. The van der Waals surface area contributed by atoms with Gasteiger partial charge in [0, 0.05) is 59.3 Å². The Morgan fingerprint density at radius 1 is 1.29 bits per heavy atom. The molecule has 1 unspecified atom stereocenters. The molecule has 6 rings (SSSR count). The number of fused-ring (bicyclic) bond motifs is 2. The van der Waals surface area contributed by atoms with Crippen molar-refractivity contribution in [1.82, 2.24) is 24.3 Å². The zero-order valence-electron chi connectivity index (χ0n) is 18.5. The minimum Gasteiger partial charge on any atom is -0.388 e. The van der Waals surface area contributed by atoms with Crippen LogP contribution in [0.5, 0.6) is 0 Å². The van der Waals surface area contributed by atoms with Gasteiger partial charge in [-0.25, -0.2) is 0 Å². The number of aromatic amines is 2. The minimum absolute atomic E-state index is 0.0442. The molecular weight excluding hydrogens is 490 g/mol. The van der Waals surface area contributed by atoms with Crippen LogP contribution >= 0.6 is 23.4 Å². The maximum absolute atomic E-state index is 13.1. The van der Waals surface area contributed by atoms with Crippen molar-refractivity contribution < 1.29 is 5.11 Å². The molecule has 0 radical (unpaired) electrons. The second kappa shape index (κ2) is 8.14. The number of aromatic nitrogens is 5. The summed E-state index contributed by atoms with van der Waals surface area (Å²) in [6, 6.07) is 5.12. The van der Waals surface area contributed by atoms with E-state index >= 15 is 0 Å². The molecule has 1 fully saturated rings. The molecule has 2 aliphatic rings. The molecule has 0 aromatic carbocycles. The van der Waals surface area contributed by atoms with Crippen LogP contribution in [0.3, 0.4) is 0 Å². The van der Waals surface area contributed by atoms with E-state index in [1.54, 1.807) is 12.4 Å². The second-order valence-electron chi connectivity index (χ2n) is 9.02. The van der Waals surface area contributed by atoms with Crippen molar-refractivity contribution in [3.63, 3.8) is 0 Å². The molecule has 5 heterocycles. The number of aliphatic hydroxyl groups is 1. The van der Waals surface area contributed by atoms with Crippen molar-refractivity contribution >= 4 is 40.8 Å². The van der Waals surface area contributed by atoms with Gasteiger partial charge in [-0.1, -0.05) is 29.4 Å². The van der Waals surface area contributed by atoms with Gasteiger partial charge in [-0.05, 0) is 25.3 Å². The predicted molar refractivity (Wildman–Crippen MR) is 133 cm³/mol. The largest absolute Gasteiger partial charge is 0.388 e. The number of piperidine rings is 1. The highest BCUT2D eigenvalue weighted by atomic mass is 35.5. The molecule has 180 valence electrons. The number of nitrogens with one attached hydrogen (secondary N) is 2. The lowest BCUT2D eigenvalue weighted by Gasteiger charge is -2.41. The molecule has 5 N–H and O–H groups in total. The van der Waals surface area contributed by atoms with Crippen LogP contribution in [-0.2, 0) is 6.42 Å². The van der Waals surface area contributed by atoms with E-state index in [0.717, 1.165) is 42.3 Å². The number of hydrogen-bond donors (Lipinski definition) is 4. The Labute approximate surface area is 208 Å². The highest BCUT2D eigenvalue weighted by molar-refractivity contribution is 7.99.